The van der Waals surface area contributed by atoms with Crippen LogP contribution in [-0.4, -0.2) is 16.7 Å². The van der Waals surface area contributed by atoms with E-state index >= 15 is 0 Å². The van der Waals surface area contributed by atoms with Crippen molar-refractivity contribution in [3.63, 3.8) is 0 Å². The normalized spacial score (nSPS) is 26.1. The average Bonchev–Trinajstić information content (AvgIpc) is 3.05. The van der Waals surface area contributed by atoms with E-state index < -0.39 is 0 Å². The van der Waals surface area contributed by atoms with Gasteiger partial charge in [-0.1, -0.05) is 0 Å². The van der Waals surface area contributed by atoms with Crippen LogP contribution in [-0.2, 0) is 0 Å². The molecule has 0 saturated heterocycles. The van der Waals surface area contributed by atoms with Gasteiger partial charge in [0.05, 0.1) is 26.5 Å². The number of fused-ring (bicyclic) bond motifs is 2. The number of benzene rings is 1. The molecule has 0 aliphatic heterocycles. The number of aromatic nitrogens is 1. The van der Waals surface area contributed by atoms with Gasteiger partial charge >= 0.3 is 0 Å². The Hall–Kier alpha value is -1.12. The molecule has 5 heteroatoms. The lowest BCUT2D eigenvalue weighted by molar-refractivity contribution is 0.284. The minimum Gasteiger partial charge on any atom is -0.506 e. The summed E-state index contributed by atoms with van der Waals surface area (Å²) >= 11 is 7.09. The molecule has 0 amide bonds. The van der Waals surface area contributed by atoms with Crippen molar-refractivity contribution in [3.8, 4) is 23.3 Å². The summed E-state index contributed by atoms with van der Waals surface area (Å²) in [7, 11) is 0. The fraction of sp³-hybridized carbons (Fsp3) is 0.375. The Labute approximate surface area is 139 Å². The summed E-state index contributed by atoms with van der Waals surface area (Å²) in [5.74, 6) is 9.40. The Morgan fingerprint density at radius 3 is 2.71 bits per heavy atom. The van der Waals surface area contributed by atoms with Gasteiger partial charge in [0.15, 0.2) is 0 Å². The molecule has 3 nitrogen and oxygen atoms in total. The van der Waals surface area contributed by atoms with Gasteiger partial charge in [-0.05, 0) is 49.8 Å². The largest absolute Gasteiger partial charge is 0.506 e. The molecule has 0 spiro atoms. The molecular weight excluding hydrogens is 398 g/mol. The van der Waals surface area contributed by atoms with E-state index in [0.29, 0.717) is 24.4 Å². The summed E-state index contributed by atoms with van der Waals surface area (Å²) in [4.78, 5) is 3.03. The number of hydrogen-bond acceptors (Lipinski definition) is 2. The Morgan fingerprint density at radius 2 is 2.00 bits per heavy atom. The summed E-state index contributed by atoms with van der Waals surface area (Å²) in [6.45, 7) is 0.701. The maximum absolute atomic E-state index is 9.92. The lowest BCUT2D eigenvalue weighted by Crippen LogP contribution is -2.03. The SMILES string of the molecule is Oc1c[nH]c2cc(Br)c(OCC3[C@H]4CC#CC[C@@H]34)c(Br)c12. The first-order valence-electron chi connectivity index (χ1n) is 6.93. The minimum absolute atomic E-state index is 0.225. The fourth-order valence-electron chi connectivity index (χ4n) is 3.25. The monoisotopic (exact) mass is 409 g/mol. The number of rotatable bonds is 3. The van der Waals surface area contributed by atoms with Gasteiger partial charge in [-0.2, -0.15) is 0 Å². The topological polar surface area (TPSA) is 45.2 Å². The molecule has 2 aliphatic carbocycles. The van der Waals surface area contributed by atoms with Crippen molar-refractivity contribution >= 4 is 42.8 Å². The molecule has 1 heterocycles. The maximum Gasteiger partial charge on any atom is 0.148 e. The van der Waals surface area contributed by atoms with Gasteiger partial charge in [0, 0.05) is 25.0 Å². The molecular formula is C16H13Br2NO2. The van der Waals surface area contributed by atoms with E-state index in [4.69, 9.17) is 4.74 Å². The molecule has 2 N–H and O–H groups in total. The van der Waals surface area contributed by atoms with E-state index in [2.05, 4.69) is 48.7 Å². The first-order chi connectivity index (χ1) is 10.2. The summed E-state index contributed by atoms with van der Waals surface area (Å²) < 4.78 is 7.70. The van der Waals surface area contributed by atoms with E-state index in [1.807, 2.05) is 6.07 Å². The second kappa shape index (κ2) is 4.96. The van der Waals surface area contributed by atoms with Crippen LogP contribution >= 0.6 is 31.9 Å². The summed E-state index contributed by atoms with van der Waals surface area (Å²) in [6, 6.07) is 1.93. The highest BCUT2D eigenvalue weighted by molar-refractivity contribution is 9.11. The predicted molar refractivity (Wildman–Crippen MR) is 88.3 cm³/mol. The van der Waals surface area contributed by atoms with Gasteiger partial charge in [0.25, 0.3) is 0 Å². The van der Waals surface area contributed by atoms with Crippen LogP contribution in [0.3, 0.4) is 0 Å². The smallest absolute Gasteiger partial charge is 0.148 e. The van der Waals surface area contributed by atoms with Crippen LogP contribution in [0.2, 0.25) is 0 Å². The number of hydrogen-bond donors (Lipinski definition) is 2. The van der Waals surface area contributed by atoms with Crippen LogP contribution in [0, 0.1) is 29.6 Å². The van der Waals surface area contributed by atoms with Crippen LogP contribution in [0.1, 0.15) is 12.8 Å². The maximum atomic E-state index is 9.92. The molecule has 1 fully saturated rings. The first kappa shape index (κ1) is 13.5. The Balaban J connectivity index is 1.58. The molecule has 108 valence electrons. The third-order valence-corrected chi connectivity index (χ3v) is 5.87. The highest BCUT2D eigenvalue weighted by Crippen LogP contribution is 2.52. The second-order valence-corrected chi connectivity index (χ2v) is 7.31. The van der Waals surface area contributed by atoms with E-state index in [9.17, 15) is 5.11 Å². The van der Waals surface area contributed by atoms with Gasteiger partial charge in [0.2, 0.25) is 0 Å². The first-order valence-corrected chi connectivity index (χ1v) is 8.52. The molecule has 0 bridgehead atoms. The van der Waals surface area contributed by atoms with Gasteiger partial charge in [-0.15, -0.1) is 11.8 Å². The van der Waals surface area contributed by atoms with Crippen LogP contribution in [0.4, 0.5) is 0 Å². The van der Waals surface area contributed by atoms with E-state index in [0.717, 1.165) is 38.4 Å². The number of halogens is 2. The standard InChI is InChI=1S/C16H13Br2NO2/c17-11-5-12-14(13(20)6-19-12)15(18)16(11)21-7-10-8-3-1-2-4-9(8)10/h5-6,8-10,19-20H,3-4,7H2/t8-,9+,10?. The predicted octanol–water partition coefficient (Wildman–Crippen LogP) is 4.44. The quantitative estimate of drug-likeness (QED) is 0.735. The summed E-state index contributed by atoms with van der Waals surface area (Å²) in [5.41, 5.74) is 0.868. The Bertz CT molecular complexity index is 771. The molecule has 1 aromatic heterocycles. The lowest BCUT2D eigenvalue weighted by atomic mass is 10.1. The lowest BCUT2D eigenvalue weighted by Gasteiger charge is -2.11. The van der Waals surface area contributed by atoms with Crippen LogP contribution in [0.5, 0.6) is 11.5 Å². The number of H-pyrrole nitrogens is 1. The number of ether oxygens (including phenoxy) is 1. The van der Waals surface area contributed by atoms with E-state index in [1.54, 1.807) is 6.20 Å². The van der Waals surface area contributed by atoms with Crippen LogP contribution in [0.25, 0.3) is 10.9 Å². The average molecular weight is 411 g/mol. The van der Waals surface area contributed by atoms with Gasteiger partial charge < -0.3 is 14.8 Å². The number of aromatic amines is 1. The molecule has 21 heavy (non-hydrogen) atoms. The van der Waals surface area contributed by atoms with Crippen molar-refractivity contribution in [2.24, 2.45) is 17.8 Å². The zero-order chi connectivity index (χ0) is 14.6. The third-order valence-electron chi connectivity index (χ3n) is 4.53. The molecule has 0 radical (unpaired) electrons. The minimum atomic E-state index is 0.225. The van der Waals surface area contributed by atoms with Crippen molar-refractivity contribution in [3.05, 3.63) is 21.2 Å². The van der Waals surface area contributed by atoms with Crippen molar-refractivity contribution in [1.82, 2.24) is 4.98 Å². The highest BCUT2D eigenvalue weighted by Gasteiger charge is 2.50. The van der Waals surface area contributed by atoms with Gasteiger partial charge in [-0.3, -0.25) is 0 Å². The third kappa shape index (κ3) is 2.16. The van der Waals surface area contributed by atoms with E-state index in [1.165, 1.54) is 0 Å². The summed E-state index contributed by atoms with van der Waals surface area (Å²) in [5, 5.41) is 10.7. The fourth-order valence-corrected chi connectivity index (χ4v) is 4.80. The van der Waals surface area contributed by atoms with Crippen molar-refractivity contribution in [1.29, 1.82) is 0 Å². The molecule has 2 aromatic rings. The molecule has 3 atom stereocenters. The Morgan fingerprint density at radius 1 is 1.29 bits per heavy atom. The second-order valence-electron chi connectivity index (χ2n) is 5.66. The molecule has 1 aromatic carbocycles. The molecule has 2 aliphatic rings. The summed E-state index contributed by atoms with van der Waals surface area (Å²) in [6.07, 6.45) is 3.61. The van der Waals surface area contributed by atoms with Crippen LogP contribution < -0.4 is 4.74 Å². The van der Waals surface area contributed by atoms with Gasteiger partial charge in [0.1, 0.15) is 11.5 Å². The van der Waals surface area contributed by atoms with Crippen molar-refractivity contribution in [2.75, 3.05) is 6.61 Å². The van der Waals surface area contributed by atoms with Crippen molar-refractivity contribution < 1.29 is 9.84 Å². The zero-order valence-corrected chi connectivity index (χ0v) is 14.3. The van der Waals surface area contributed by atoms with Gasteiger partial charge in [-0.25, -0.2) is 0 Å². The highest BCUT2D eigenvalue weighted by atomic mass is 79.9. The zero-order valence-electron chi connectivity index (χ0n) is 11.1. The molecule has 1 saturated carbocycles. The molecule has 4 rings (SSSR count). The van der Waals surface area contributed by atoms with E-state index in [-0.39, 0.29) is 5.75 Å². The van der Waals surface area contributed by atoms with Crippen molar-refractivity contribution in [2.45, 2.75) is 12.8 Å². The van der Waals surface area contributed by atoms with Crippen LogP contribution in [0.15, 0.2) is 21.2 Å². The number of nitrogens with one attached hydrogen (secondary N) is 1. The number of aromatic hydroxyl groups is 1. The Kier molecular flexibility index (Phi) is 3.20. The molecule has 1 unspecified atom stereocenters.